The first-order chi connectivity index (χ1) is 12.3. The molecule has 2 atom stereocenters. The van der Waals surface area contributed by atoms with Crippen molar-refractivity contribution < 1.29 is 18.5 Å². The topological polar surface area (TPSA) is 78.4 Å². The average Bonchev–Trinajstić information content (AvgIpc) is 2.55. The molecule has 2 unspecified atom stereocenters. The number of esters is 1. The first kappa shape index (κ1) is 23.0. The first-order valence-electron chi connectivity index (χ1n) is 8.91. The molecule has 1 rings (SSSR count). The van der Waals surface area contributed by atoms with Crippen LogP contribution in [0.3, 0.4) is 0 Å². The second kappa shape index (κ2) is 12.4. The van der Waals surface area contributed by atoms with Crippen molar-refractivity contribution in [3.63, 3.8) is 0 Å². The molecule has 0 saturated carbocycles. The molecule has 0 fully saturated rings. The highest BCUT2D eigenvalue weighted by atomic mass is 32.2. The molecular formula is C18H30N2O4S2. The Labute approximate surface area is 163 Å². The van der Waals surface area contributed by atoms with Crippen LogP contribution in [0.25, 0.3) is 0 Å². The molecule has 1 heterocycles. The molecule has 0 bridgehead atoms. The van der Waals surface area contributed by atoms with E-state index >= 15 is 0 Å². The van der Waals surface area contributed by atoms with Crippen molar-refractivity contribution >= 4 is 28.5 Å². The fraction of sp³-hybridized carbons (Fsp3) is 0.722. The second-order valence-corrected chi connectivity index (χ2v) is 8.94. The van der Waals surface area contributed by atoms with Crippen LogP contribution in [-0.4, -0.2) is 56.2 Å². The largest absolute Gasteiger partial charge is 0.458 e. The molecule has 1 aromatic heterocycles. The van der Waals surface area contributed by atoms with Gasteiger partial charge in [-0.05, 0) is 40.2 Å². The highest BCUT2D eigenvalue weighted by Crippen LogP contribution is 2.15. The third-order valence-corrected chi connectivity index (χ3v) is 5.60. The van der Waals surface area contributed by atoms with Gasteiger partial charge in [0.15, 0.2) is 5.16 Å². The molecular weight excluding hydrogens is 372 g/mol. The molecule has 6 nitrogen and oxygen atoms in total. The summed E-state index contributed by atoms with van der Waals surface area (Å²) in [4.78, 5) is 20.8. The number of unbranched alkanes of at least 4 members (excludes halogenated alkanes) is 1. The summed E-state index contributed by atoms with van der Waals surface area (Å²) in [6, 6.07) is 1.88. The van der Waals surface area contributed by atoms with E-state index in [1.54, 1.807) is 0 Å². The molecule has 0 saturated heterocycles. The molecule has 0 aromatic carbocycles. The van der Waals surface area contributed by atoms with E-state index in [2.05, 4.69) is 16.9 Å². The smallest absolute Gasteiger partial charge is 0.316 e. The van der Waals surface area contributed by atoms with E-state index in [0.29, 0.717) is 16.7 Å². The van der Waals surface area contributed by atoms with Crippen molar-refractivity contribution in [3.8, 4) is 0 Å². The monoisotopic (exact) mass is 402 g/mol. The maximum atomic E-state index is 12.2. The van der Waals surface area contributed by atoms with E-state index < -0.39 is 16.9 Å². The van der Waals surface area contributed by atoms with Crippen molar-refractivity contribution in [1.29, 1.82) is 0 Å². The van der Waals surface area contributed by atoms with Gasteiger partial charge in [0.05, 0.1) is 24.2 Å². The fourth-order valence-corrected chi connectivity index (χ4v) is 4.20. The van der Waals surface area contributed by atoms with Crippen LogP contribution in [-0.2, 0) is 25.1 Å². The van der Waals surface area contributed by atoms with Crippen LogP contribution in [0.1, 0.15) is 45.0 Å². The van der Waals surface area contributed by atoms with Crippen LogP contribution in [0.4, 0.5) is 0 Å². The number of rotatable bonds is 12. The summed E-state index contributed by atoms with van der Waals surface area (Å²) in [7, 11) is -1.02. The zero-order valence-corrected chi connectivity index (χ0v) is 18.0. The van der Waals surface area contributed by atoms with Gasteiger partial charge in [-0.3, -0.25) is 9.00 Å². The van der Waals surface area contributed by atoms with Crippen LogP contribution in [0, 0.1) is 13.8 Å². The Kier molecular flexibility index (Phi) is 11.0. The van der Waals surface area contributed by atoms with Gasteiger partial charge < -0.3 is 9.47 Å². The number of aryl methyl sites for hydroxylation is 2. The highest BCUT2D eigenvalue weighted by molar-refractivity contribution is 7.99. The van der Waals surface area contributed by atoms with Gasteiger partial charge in [-0.25, -0.2) is 9.97 Å². The van der Waals surface area contributed by atoms with Gasteiger partial charge in [0, 0.05) is 27.9 Å². The van der Waals surface area contributed by atoms with E-state index in [9.17, 15) is 9.00 Å². The molecule has 0 aliphatic carbocycles. The molecule has 0 aliphatic rings. The van der Waals surface area contributed by atoms with Crippen molar-refractivity contribution in [2.45, 2.75) is 64.8 Å². The van der Waals surface area contributed by atoms with E-state index in [4.69, 9.17) is 9.47 Å². The maximum absolute atomic E-state index is 12.2. The van der Waals surface area contributed by atoms with Gasteiger partial charge in [0.2, 0.25) is 0 Å². The normalized spacial score (nSPS) is 13.6. The lowest BCUT2D eigenvalue weighted by Gasteiger charge is -2.19. The van der Waals surface area contributed by atoms with Crippen LogP contribution < -0.4 is 0 Å². The Bertz CT molecular complexity index is 576. The highest BCUT2D eigenvalue weighted by Gasteiger charge is 2.19. The van der Waals surface area contributed by atoms with Crippen molar-refractivity contribution in [2.24, 2.45) is 0 Å². The lowest BCUT2D eigenvalue weighted by Crippen LogP contribution is -2.31. The van der Waals surface area contributed by atoms with Gasteiger partial charge >= 0.3 is 5.97 Å². The van der Waals surface area contributed by atoms with E-state index in [1.165, 1.54) is 11.8 Å². The molecule has 0 N–H and O–H groups in total. The quantitative estimate of drug-likeness (QED) is 0.302. The van der Waals surface area contributed by atoms with Gasteiger partial charge in [0.25, 0.3) is 0 Å². The molecule has 26 heavy (non-hydrogen) atoms. The summed E-state index contributed by atoms with van der Waals surface area (Å²) in [6.45, 7) is 9.93. The number of thioether (sulfide) groups is 1. The Balaban J connectivity index is 2.55. The number of carbonyl (C=O) groups is 1. The number of ether oxygens (including phenoxy) is 2. The molecule has 0 aliphatic heterocycles. The van der Waals surface area contributed by atoms with E-state index in [-0.39, 0.29) is 24.4 Å². The molecule has 0 amide bonds. The SMILES string of the molecule is CCCCS(=O)CC(COC(C)C)OC(=O)CSc1nc(C)cc(C)n1. The number of hydrogen-bond acceptors (Lipinski definition) is 7. The average molecular weight is 403 g/mol. The Morgan fingerprint density at radius 1 is 1.27 bits per heavy atom. The standard InChI is InChI=1S/C18H30N2O4S2/c1-6-7-8-26(22)12-16(10-23-13(2)3)24-17(21)11-25-18-19-14(4)9-15(5)20-18/h9,13,16H,6-8,10-12H2,1-5H3. The van der Waals surface area contributed by atoms with Crippen molar-refractivity contribution in [1.82, 2.24) is 9.97 Å². The minimum atomic E-state index is -1.02. The minimum Gasteiger partial charge on any atom is -0.458 e. The summed E-state index contributed by atoms with van der Waals surface area (Å²) in [5.41, 5.74) is 1.73. The number of hydrogen-bond donors (Lipinski definition) is 0. The Morgan fingerprint density at radius 2 is 1.92 bits per heavy atom. The van der Waals surface area contributed by atoms with Crippen LogP contribution in [0.2, 0.25) is 0 Å². The van der Waals surface area contributed by atoms with Gasteiger partial charge in [-0.1, -0.05) is 25.1 Å². The zero-order valence-electron chi connectivity index (χ0n) is 16.3. The first-order valence-corrected chi connectivity index (χ1v) is 11.4. The maximum Gasteiger partial charge on any atom is 0.316 e. The van der Waals surface area contributed by atoms with Crippen LogP contribution >= 0.6 is 11.8 Å². The second-order valence-electron chi connectivity index (χ2n) is 6.38. The van der Waals surface area contributed by atoms with Crippen LogP contribution in [0.15, 0.2) is 11.2 Å². The minimum absolute atomic E-state index is 0.0262. The lowest BCUT2D eigenvalue weighted by molar-refractivity contribution is -0.148. The molecule has 148 valence electrons. The summed E-state index contributed by atoms with van der Waals surface area (Å²) >= 11 is 1.24. The predicted octanol–water partition coefficient (Wildman–Crippen LogP) is 3.07. The lowest BCUT2D eigenvalue weighted by atomic mass is 10.4. The molecule has 0 spiro atoms. The van der Waals surface area contributed by atoms with E-state index in [1.807, 2.05) is 33.8 Å². The number of aromatic nitrogens is 2. The molecule has 0 radical (unpaired) electrons. The van der Waals surface area contributed by atoms with Crippen molar-refractivity contribution in [3.05, 3.63) is 17.5 Å². The Hall–Kier alpha value is -0.990. The Morgan fingerprint density at radius 3 is 2.50 bits per heavy atom. The molecule has 8 heteroatoms. The predicted molar refractivity (Wildman–Crippen MR) is 106 cm³/mol. The number of carbonyl (C=O) groups excluding carboxylic acids is 1. The summed E-state index contributed by atoms with van der Waals surface area (Å²) in [5.74, 6) is 0.672. The van der Waals surface area contributed by atoms with Crippen molar-refractivity contribution in [2.75, 3.05) is 23.9 Å². The summed E-state index contributed by atoms with van der Waals surface area (Å²) in [5, 5.41) is 0.556. The van der Waals surface area contributed by atoms with Gasteiger partial charge in [-0.2, -0.15) is 0 Å². The van der Waals surface area contributed by atoms with E-state index in [0.717, 1.165) is 24.2 Å². The third-order valence-electron chi connectivity index (χ3n) is 3.29. The van der Waals surface area contributed by atoms with Gasteiger partial charge in [-0.15, -0.1) is 0 Å². The third kappa shape index (κ3) is 10.2. The summed E-state index contributed by atoms with van der Waals surface area (Å²) < 4.78 is 23.2. The molecule has 1 aromatic rings. The van der Waals surface area contributed by atoms with Gasteiger partial charge in [0.1, 0.15) is 6.10 Å². The van der Waals surface area contributed by atoms with Crippen LogP contribution in [0.5, 0.6) is 0 Å². The number of nitrogens with zero attached hydrogens (tertiary/aromatic N) is 2. The summed E-state index contributed by atoms with van der Waals surface area (Å²) in [6.07, 6.45) is 1.42. The fourth-order valence-electron chi connectivity index (χ4n) is 2.11. The zero-order chi connectivity index (χ0) is 19.5.